The first kappa shape index (κ1) is 13.7. The number of aryl methyl sites for hydroxylation is 1. The summed E-state index contributed by atoms with van der Waals surface area (Å²) in [5.74, 6) is 1.26. The molecule has 17 heavy (non-hydrogen) atoms. The molecule has 1 heterocycles. The molecule has 4 N–H and O–H groups in total. The number of aromatic amines is 1. The van der Waals surface area contributed by atoms with Crippen molar-refractivity contribution in [1.29, 1.82) is 0 Å². The van der Waals surface area contributed by atoms with E-state index in [9.17, 15) is 4.79 Å². The Morgan fingerprint density at radius 3 is 2.82 bits per heavy atom. The van der Waals surface area contributed by atoms with Crippen LogP contribution < -0.4 is 16.6 Å². The Balaban J connectivity index is 2.57. The van der Waals surface area contributed by atoms with Crippen LogP contribution in [-0.2, 0) is 0 Å². The number of H-pyrrole nitrogens is 1. The van der Waals surface area contributed by atoms with Crippen LogP contribution in [0.2, 0.25) is 0 Å². The maximum atomic E-state index is 11.3. The first-order chi connectivity index (χ1) is 7.93. The van der Waals surface area contributed by atoms with Gasteiger partial charge < -0.3 is 16.0 Å². The van der Waals surface area contributed by atoms with E-state index < -0.39 is 0 Å². The van der Waals surface area contributed by atoms with Gasteiger partial charge in [0.05, 0.1) is 0 Å². The van der Waals surface area contributed by atoms with Crippen molar-refractivity contribution in [2.75, 3.05) is 18.4 Å². The number of rotatable bonds is 6. The fraction of sp³-hybridized carbons (Fsp3) is 0.667. The molecule has 0 amide bonds. The van der Waals surface area contributed by atoms with Gasteiger partial charge in [0, 0.05) is 12.6 Å². The summed E-state index contributed by atoms with van der Waals surface area (Å²) in [6.07, 6.45) is 2.06. The average Bonchev–Trinajstić information content (AvgIpc) is 2.23. The molecule has 0 aliphatic rings. The number of hydrogen-bond acceptors (Lipinski definition) is 4. The summed E-state index contributed by atoms with van der Waals surface area (Å²) in [6, 6.07) is 1.48. The summed E-state index contributed by atoms with van der Waals surface area (Å²) in [7, 11) is 0. The molecule has 0 atom stereocenters. The topological polar surface area (TPSA) is 83.8 Å². The van der Waals surface area contributed by atoms with Crippen molar-refractivity contribution < 1.29 is 0 Å². The smallest absolute Gasteiger partial charge is 0.252 e. The third-order valence-corrected chi connectivity index (χ3v) is 2.67. The summed E-state index contributed by atoms with van der Waals surface area (Å²) in [4.78, 5) is 18.1. The molecule has 0 unspecified atom stereocenters. The lowest BCUT2D eigenvalue weighted by Crippen LogP contribution is -2.25. The van der Waals surface area contributed by atoms with E-state index in [-0.39, 0.29) is 11.0 Å². The van der Waals surface area contributed by atoms with E-state index >= 15 is 0 Å². The van der Waals surface area contributed by atoms with E-state index in [1.165, 1.54) is 6.07 Å². The summed E-state index contributed by atoms with van der Waals surface area (Å²) < 4.78 is 0. The number of hydrogen-bond donors (Lipinski definition) is 3. The normalized spacial score (nSPS) is 11.5. The molecule has 1 aromatic heterocycles. The minimum atomic E-state index is -0.125. The molecule has 0 radical (unpaired) electrons. The third-order valence-electron chi connectivity index (χ3n) is 2.67. The van der Waals surface area contributed by atoms with Crippen molar-refractivity contribution in [3.05, 3.63) is 22.2 Å². The van der Waals surface area contributed by atoms with Crippen LogP contribution >= 0.6 is 0 Å². The lowest BCUT2D eigenvalue weighted by atomic mass is 9.88. The first-order valence-corrected chi connectivity index (χ1v) is 5.95. The maximum Gasteiger partial charge on any atom is 0.252 e. The molecule has 0 saturated carbocycles. The van der Waals surface area contributed by atoms with E-state index in [1.807, 2.05) is 0 Å². The summed E-state index contributed by atoms with van der Waals surface area (Å²) in [5.41, 5.74) is 5.53. The Labute approximate surface area is 102 Å². The highest BCUT2D eigenvalue weighted by atomic mass is 16.1. The van der Waals surface area contributed by atoms with Gasteiger partial charge in [-0.2, -0.15) is 0 Å². The number of nitrogens with one attached hydrogen (secondary N) is 2. The summed E-state index contributed by atoms with van der Waals surface area (Å²) >= 11 is 0. The zero-order valence-corrected chi connectivity index (χ0v) is 10.8. The van der Waals surface area contributed by atoms with Gasteiger partial charge in [-0.15, -0.1) is 0 Å². The largest absolute Gasteiger partial charge is 0.369 e. The molecule has 96 valence electrons. The summed E-state index contributed by atoms with van der Waals surface area (Å²) in [6.45, 7) is 7.62. The van der Waals surface area contributed by atoms with Crippen molar-refractivity contribution in [1.82, 2.24) is 9.97 Å². The second kappa shape index (κ2) is 5.82. The second-order valence-corrected chi connectivity index (χ2v) is 5.13. The van der Waals surface area contributed by atoms with Crippen LogP contribution in [0.15, 0.2) is 10.9 Å². The SMILES string of the molecule is Cc1nc(NCC(C)(C)CCCN)cc(=O)[nH]1. The number of nitrogens with zero attached hydrogens (tertiary/aromatic N) is 1. The predicted octanol–water partition coefficient (Wildman–Crippen LogP) is 1.26. The standard InChI is InChI=1S/C12H22N4O/c1-9-15-10(7-11(17)16-9)14-8-12(2,3)5-4-6-13/h7H,4-6,8,13H2,1-3H3,(H2,14,15,16,17). The van der Waals surface area contributed by atoms with E-state index in [2.05, 4.69) is 29.1 Å². The van der Waals surface area contributed by atoms with Crippen LogP contribution in [-0.4, -0.2) is 23.1 Å². The van der Waals surface area contributed by atoms with Crippen LogP contribution in [0, 0.1) is 12.3 Å². The van der Waals surface area contributed by atoms with Crippen LogP contribution in [0.3, 0.4) is 0 Å². The van der Waals surface area contributed by atoms with E-state index in [0.717, 1.165) is 19.4 Å². The van der Waals surface area contributed by atoms with Crippen molar-refractivity contribution >= 4 is 5.82 Å². The Bertz CT molecular complexity index is 411. The summed E-state index contributed by atoms with van der Waals surface area (Å²) in [5, 5.41) is 3.20. The van der Waals surface area contributed by atoms with Gasteiger partial charge in [0.25, 0.3) is 5.56 Å². The number of aromatic nitrogens is 2. The minimum Gasteiger partial charge on any atom is -0.369 e. The molecule has 1 aromatic rings. The van der Waals surface area contributed by atoms with Gasteiger partial charge in [-0.25, -0.2) is 4.98 Å². The molecule has 1 rings (SSSR count). The maximum absolute atomic E-state index is 11.3. The van der Waals surface area contributed by atoms with E-state index in [4.69, 9.17) is 5.73 Å². The second-order valence-electron chi connectivity index (χ2n) is 5.13. The molecule has 0 fully saturated rings. The monoisotopic (exact) mass is 238 g/mol. The fourth-order valence-corrected chi connectivity index (χ4v) is 1.67. The van der Waals surface area contributed by atoms with Crippen LogP contribution in [0.5, 0.6) is 0 Å². The van der Waals surface area contributed by atoms with E-state index in [1.54, 1.807) is 6.92 Å². The molecular weight excluding hydrogens is 216 g/mol. The molecule has 5 nitrogen and oxygen atoms in total. The molecule has 0 bridgehead atoms. The molecule has 0 spiro atoms. The van der Waals surface area contributed by atoms with Gasteiger partial charge in [-0.1, -0.05) is 13.8 Å². The third kappa shape index (κ3) is 4.99. The highest BCUT2D eigenvalue weighted by Crippen LogP contribution is 2.22. The van der Waals surface area contributed by atoms with Crippen LogP contribution in [0.4, 0.5) is 5.82 Å². The fourth-order valence-electron chi connectivity index (χ4n) is 1.67. The highest BCUT2D eigenvalue weighted by molar-refractivity contribution is 5.33. The van der Waals surface area contributed by atoms with Crippen LogP contribution in [0.1, 0.15) is 32.5 Å². The van der Waals surface area contributed by atoms with Crippen molar-refractivity contribution in [3.63, 3.8) is 0 Å². The van der Waals surface area contributed by atoms with Gasteiger partial charge in [-0.05, 0) is 31.7 Å². The molecule has 0 aliphatic heterocycles. The van der Waals surface area contributed by atoms with Gasteiger partial charge in [0.1, 0.15) is 11.6 Å². The highest BCUT2D eigenvalue weighted by Gasteiger charge is 2.17. The van der Waals surface area contributed by atoms with Crippen molar-refractivity contribution in [3.8, 4) is 0 Å². The van der Waals surface area contributed by atoms with Gasteiger partial charge in [0.15, 0.2) is 0 Å². The number of nitrogens with two attached hydrogens (primary N) is 1. The molecule has 0 saturated heterocycles. The Hall–Kier alpha value is -1.36. The van der Waals surface area contributed by atoms with E-state index in [0.29, 0.717) is 18.2 Å². The predicted molar refractivity (Wildman–Crippen MR) is 70.2 cm³/mol. The lowest BCUT2D eigenvalue weighted by Gasteiger charge is -2.25. The average molecular weight is 238 g/mol. The Morgan fingerprint density at radius 2 is 2.24 bits per heavy atom. The molecule has 0 aromatic carbocycles. The molecule has 5 heteroatoms. The number of anilines is 1. The first-order valence-electron chi connectivity index (χ1n) is 5.95. The Kier molecular flexibility index (Phi) is 4.69. The van der Waals surface area contributed by atoms with Crippen molar-refractivity contribution in [2.24, 2.45) is 11.1 Å². The van der Waals surface area contributed by atoms with Gasteiger partial charge in [-0.3, -0.25) is 4.79 Å². The van der Waals surface area contributed by atoms with Crippen LogP contribution in [0.25, 0.3) is 0 Å². The molecule has 0 aliphatic carbocycles. The van der Waals surface area contributed by atoms with Gasteiger partial charge >= 0.3 is 0 Å². The minimum absolute atomic E-state index is 0.125. The van der Waals surface area contributed by atoms with Crippen molar-refractivity contribution in [2.45, 2.75) is 33.6 Å². The molecular formula is C12H22N4O. The zero-order chi connectivity index (χ0) is 12.9. The quantitative estimate of drug-likeness (QED) is 0.696. The Morgan fingerprint density at radius 1 is 1.53 bits per heavy atom. The lowest BCUT2D eigenvalue weighted by molar-refractivity contribution is 0.350. The zero-order valence-electron chi connectivity index (χ0n) is 10.8. The van der Waals surface area contributed by atoms with Gasteiger partial charge in [0.2, 0.25) is 0 Å².